The third kappa shape index (κ3) is 3.90. The number of nitrogens with zero attached hydrogens (tertiary/aromatic N) is 3. The van der Waals surface area contributed by atoms with Crippen molar-refractivity contribution in [1.82, 2.24) is 9.97 Å². The number of aromatic nitrogens is 2. The topological polar surface area (TPSA) is 49.6 Å². The van der Waals surface area contributed by atoms with E-state index in [0.29, 0.717) is 5.56 Å². The minimum atomic E-state index is 0.653. The molecule has 0 bridgehead atoms. The van der Waals surface area contributed by atoms with Gasteiger partial charge in [0.2, 0.25) is 0 Å². The predicted molar refractivity (Wildman–Crippen MR) is 173 cm³/mol. The van der Waals surface area contributed by atoms with Gasteiger partial charge in [0, 0.05) is 22.5 Å². The van der Waals surface area contributed by atoms with E-state index >= 15 is 0 Å². The van der Waals surface area contributed by atoms with Crippen LogP contribution in [-0.4, -0.2) is 9.97 Å². The van der Waals surface area contributed by atoms with Crippen molar-refractivity contribution < 1.29 is 0 Å². The van der Waals surface area contributed by atoms with Crippen LogP contribution >= 0.6 is 0 Å². The lowest BCUT2D eigenvalue weighted by atomic mass is 9.88. The highest BCUT2D eigenvalue weighted by Crippen LogP contribution is 2.41. The maximum absolute atomic E-state index is 9.35. The summed E-state index contributed by atoms with van der Waals surface area (Å²) < 4.78 is 0. The number of fused-ring (bicyclic) bond motifs is 5. The van der Waals surface area contributed by atoms with Gasteiger partial charge in [-0.1, -0.05) is 97.1 Å². The number of pyridine rings is 2. The van der Waals surface area contributed by atoms with Crippen LogP contribution in [0.1, 0.15) is 5.56 Å². The second kappa shape index (κ2) is 9.66. The van der Waals surface area contributed by atoms with Gasteiger partial charge in [-0.05, 0) is 80.2 Å². The molecule has 42 heavy (non-hydrogen) atoms. The summed E-state index contributed by atoms with van der Waals surface area (Å²) in [7, 11) is 0. The first-order valence-electron chi connectivity index (χ1n) is 14.0. The maximum Gasteiger partial charge on any atom is 0.0991 e. The fraction of sp³-hybridized carbons (Fsp3) is 0. The first-order chi connectivity index (χ1) is 20.8. The summed E-state index contributed by atoms with van der Waals surface area (Å²) in [5.41, 5.74) is 8.93. The van der Waals surface area contributed by atoms with E-state index in [1.165, 1.54) is 10.8 Å². The third-order valence-electron chi connectivity index (χ3n) is 8.12. The summed E-state index contributed by atoms with van der Waals surface area (Å²) in [4.78, 5) is 9.97. The molecular formula is C39H23N3. The van der Waals surface area contributed by atoms with Gasteiger partial charge < -0.3 is 0 Å². The Morgan fingerprint density at radius 3 is 2.02 bits per heavy atom. The van der Waals surface area contributed by atoms with Crippen molar-refractivity contribution in [2.75, 3.05) is 0 Å². The molecule has 0 amide bonds. The zero-order valence-corrected chi connectivity index (χ0v) is 22.6. The Kier molecular flexibility index (Phi) is 5.52. The molecule has 0 saturated heterocycles. The van der Waals surface area contributed by atoms with Crippen molar-refractivity contribution in [3.63, 3.8) is 0 Å². The van der Waals surface area contributed by atoms with Gasteiger partial charge in [-0.3, -0.25) is 4.98 Å². The number of benzene rings is 6. The van der Waals surface area contributed by atoms with Crippen LogP contribution in [0.5, 0.6) is 0 Å². The lowest BCUT2D eigenvalue weighted by Crippen LogP contribution is -1.93. The molecule has 0 atom stereocenters. The van der Waals surface area contributed by atoms with Crippen LogP contribution < -0.4 is 0 Å². The maximum atomic E-state index is 9.35. The second-order valence-corrected chi connectivity index (χ2v) is 10.6. The Bertz CT molecular complexity index is 2360. The Hall–Kier alpha value is -5.85. The lowest BCUT2D eigenvalue weighted by Gasteiger charge is -2.17. The van der Waals surface area contributed by atoms with E-state index in [0.717, 1.165) is 66.1 Å². The van der Waals surface area contributed by atoms with Gasteiger partial charge in [0.15, 0.2) is 0 Å². The van der Waals surface area contributed by atoms with E-state index in [9.17, 15) is 5.26 Å². The summed E-state index contributed by atoms with van der Waals surface area (Å²) in [6.45, 7) is 0. The summed E-state index contributed by atoms with van der Waals surface area (Å²) in [5, 5.41) is 16.2. The monoisotopic (exact) mass is 533 g/mol. The zero-order chi connectivity index (χ0) is 28.0. The highest BCUT2D eigenvalue weighted by atomic mass is 14.8. The Balaban J connectivity index is 1.43. The van der Waals surface area contributed by atoms with Crippen LogP contribution in [0.15, 0.2) is 140 Å². The molecule has 0 aliphatic carbocycles. The normalized spacial score (nSPS) is 11.3. The molecule has 0 radical (unpaired) electrons. The molecule has 0 aliphatic rings. The first-order valence-corrected chi connectivity index (χ1v) is 14.0. The average molecular weight is 534 g/mol. The van der Waals surface area contributed by atoms with E-state index in [1.807, 2.05) is 36.5 Å². The number of nitriles is 1. The smallest absolute Gasteiger partial charge is 0.0991 e. The SMILES string of the molecule is N#Cc1ccc(-c2cc(-c3ccc4ccccc4c3-c3ccc4ccc5cccnc5c4n3)cc3ccccc23)cc1. The third-order valence-corrected chi connectivity index (χ3v) is 8.12. The summed E-state index contributed by atoms with van der Waals surface area (Å²) >= 11 is 0. The predicted octanol–water partition coefficient (Wildman–Crippen LogP) is 9.96. The highest BCUT2D eigenvalue weighted by molar-refractivity contribution is 6.09. The second-order valence-electron chi connectivity index (χ2n) is 10.6. The largest absolute Gasteiger partial charge is 0.254 e. The van der Waals surface area contributed by atoms with Gasteiger partial charge in [0.25, 0.3) is 0 Å². The molecule has 194 valence electrons. The Morgan fingerprint density at radius 2 is 1.19 bits per heavy atom. The highest BCUT2D eigenvalue weighted by Gasteiger charge is 2.17. The van der Waals surface area contributed by atoms with Crippen LogP contribution in [0, 0.1) is 11.3 Å². The molecule has 6 aromatic carbocycles. The van der Waals surface area contributed by atoms with Crippen molar-refractivity contribution in [2.45, 2.75) is 0 Å². The van der Waals surface area contributed by atoms with Crippen LogP contribution in [0.25, 0.3) is 76.9 Å². The molecule has 3 nitrogen and oxygen atoms in total. The summed E-state index contributed by atoms with van der Waals surface area (Å²) in [6.07, 6.45) is 1.83. The Labute approximate surface area is 243 Å². The van der Waals surface area contributed by atoms with Crippen molar-refractivity contribution in [1.29, 1.82) is 5.26 Å². The molecule has 0 saturated carbocycles. The van der Waals surface area contributed by atoms with Crippen molar-refractivity contribution in [2.24, 2.45) is 0 Å². The molecule has 0 spiro atoms. The van der Waals surface area contributed by atoms with Gasteiger partial charge in [-0.2, -0.15) is 5.26 Å². The van der Waals surface area contributed by atoms with Gasteiger partial charge in [0.1, 0.15) is 0 Å². The standard InChI is InChI=1S/C39H23N3/c40-24-25-11-13-27(14-12-25)35-23-31(22-30-7-2-3-9-32(30)35)34-19-17-26-6-1-4-10-33(26)37(34)36-20-18-29-16-15-28-8-5-21-41-38(28)39(29)42-36/h1-23H. The average Bonchev–Trinajstić information content (AvgIpc) is 3.07. The molecule has 3 heteroatoms. The van der Waals surface area contributed by atoms with E-state index in [-0.39, 0.29) is 0 Å². The molecule has 0 aliphatic heterocycles. The molecule has 0 fully saturated rings. The van der Waals surface area contributed by atoms with Crippen molar-refractivity contribution in [3.05, 3.63) is 145 Å². The fourth-order valence-electron chi connectivity index (χ4n) is 6.08. The molecule has 8 aromatic rings. The van der Waals surface area contributed by atoms with Crippen molar-refractivity contribution in [3.8, 4) is 39.6 Å². The molecule has 2 aromatic heterocycles. The number of hydrogen-bond acceptors (Lipinski definition) is 3. The zero-order valence-electron chi connectivity index (χ0n) is 22.6. The Morgan fingerprint density at radius 1 is 0.500 bits per heavy atom. The number of hydrogen-bond donors (Lipinski definition) is 0. The molecular weight excluding hydrogens is 510 g/mol. The van der Waals surface area contributed by atoms with Crippen LogP contribution in [-0.2, 0) is 0 Å². The van der Waals surface area contributed by atoms with Crippen LogP contribution in [0.2, 0.25) is 0 Å². The van der Waals surface area contributed by atoms with E-state index < -0.39 is 0 Å². The minimum Gasteiger partial charge on any atom is -0.254 e. The van der Waals surface area contributed by atoms with E-state index in [1.54, 1.807) is 0 Å². The quantitative estimate of drug-likeness (QED) is 0.212. The molecule has 0 unspecified atom stereocenters. The fourth-order valence-corrected chi connectivity index (χ4v) is 6.08. The van der Waals surface area contributed by atoms with Gasteiger partial charge in [0.05, 0.1) is 28.4 Å². The van der Waals surface area contributed by atoms with Crippen LogP contribution in [0.4, 0.5) is 0 Å². The van der Waals surface area contributed by atoms with Gasteiger partial charge in [-0.25, -0.2) is 4.98 Å². The lowest BCUT2D eigenvalue weighted by molar-refractivity contribution is 1.37. The first kappa shape index (κ1) is 24.0. The minimum absolute atomic E-state index is 0.653. The molecule has 0 N–H and O–H groups in total. The van der Waals surface area contributed by atoms with E-state index in [4.69, 9.17) is 9.97 Å². The van der Waals surface area contributed by atoms with Crippen molar-refractivity contribution >= 4 is 43.4 Å². The summed E-state index contributed by atoms with van der Waals surface area (Å²) in [6, 6.07) is 48.6. The number of rotatable bonds is 3. The van der Waals surface area contributed by atoms with Gasteiger partial charge in [-0.15, -0.1) is 0 Å². The van der Waals surface area contributed by atoms with E-state index in [2.05, 4.69) is 109 Å². The van der Waals surface area contributed by atoms with Gasteiger partial charge >= 0.3 is 0 Å². The summed E-state index contributed by atoms with van der Waals surface area (Å²) in [5.74, 6) is 0. The molecule has 8 rings (SSSR count). The van der Waals surface area contributed by atoms with Crippen LogP contribution in [0.3, 0.4) is 0 Å². The molecule has 2 heterocycles.